The summed E-state index contributed by atoms with van der Waals surface area (Å²) in [6, 6.07) is 11.1. The molecule has 3 amide bonds. The molecule has 0 atom stereocenters. The van der Waals surface area contributed by atoms with Gasteiger partial charge in [-0.15, -0.1) is 0 Å². The number of likely N-dealkylation sites (N-methyl/N-ethyl adjacent to an activating group) is 1. The highest BCUT2D eigenvalue weighted by Crippen LogP contribution is 2.30. The molecule has 29 heavy (non-hydrogen) atoms. The van der Waals surface area contributed by atoms with Crippen molar-refractivity contribution in [2.75, 3.05) is 13.7 Å². The van der Waals surface area contributed by atoms with Crippen molar-refractivity contribution in [3.8, 4) is 11.5 Å². The topological polar surface area (TPSA) is 105 Å². The van der Waals surface area contributed by atoms with E-state index in [0.29, 0.717) is 23.7 Å². The molecule has 1 heterocycles. The number of nitrogens with one attached hydrogen (secondary N) is 1. The van der Waals surface area contributed by atoms with E-state index in [9.17, 15) is 14.4 Å². The standard InChI is InChI=1S/C21H20N2O6/c1-3-28-18-11-14(10-16-19(24)23(2)21(27)22-16)6-9-17(18)29-12-13-4-7-15(8-5-13)20(25)26/h4-11H,3,12H2,1-2H3,(H,22,27)(H,25,26)/b16-10+. The fraction of sp³-hybridized carbons (Fsp3) is 0.190. The van der Waals surface area contributed by atoms with Gasteiger partial charge in [0, 0.05) is 7.05 Å². The first kappa shape index (κ1) is 19.9. The molecule has 0 aromatic heterocycles. The van der Waals surface area contributed by atoms with Crippen molar-refractivity contribution in [1.82, 2.24) is 10.2 Å². The summed E-state index contributed by atoms with van der Waals surface area (Å²) in [5.41, 5.74) is 1.88. The second-order valence-corrected chi connectivity index (χ2v) is 6.28. The van der Waals surface area contributed by atoms with Crippen molar-refractivity contribution in [1.29, 1.82) is 0 Å². The summed E-state index contributed by atoms with van der Waals surface area (Å²) in [7, 11) is 1.41. The summed E-state index contributed by atoms with van der Waals surface area (Å²) in [4.78, 5) is 35.5. The van der Waals surface area contributed by atoms with Gasteiger partial charge in [-0.1, -0.05) is 18.2 Å². The highest BCUT2D eigenvalue weighted by molar-refractivity contribution is 6.13. The summed E-state index contributed by atoms with van der Waals surface area (Å²) < 4.78 is 11.5. The molecular weight excluding hydrogens is 376 g/mol. The molecule has 1 saturated heterocycles. The van der Waals surface area contributed by atoms with Gasteiger partial charge >= 0.3 is 12.0 Å². The lowest BCUT2D eigenvalue weighted by atomic mass is 10.1. The molecule has 0 saturated carbocycles. The van der Waals surface area contributed by atoms with Gasteiger partial charge in [0.15, 0.2) is 11.5 Å². The molecular formula is C21H20N2O6. The van der Waals surface area contributed by atoms with Crippen LogP contribution in [0, 0.1) is 0 Å². The fourth-order valence-corrected chi connectivity index (χ4v) is 2.70. The monoisotopic (exact) mass is 396 g/mol. The van der Waals surface area contributed by atoms with E-state index < -0.39 is 17.9 Å². The van der Waals surface area contributed by atoms with Crippen molar-refractivity contribution < 1.29 is 29.0 Å². The Hall–Kier alpha value is -3.81. The minimum Gasteiger partial charge on any atom is -0.490 e. The van der Waals surface area contributed by atoms with Crippen LogP contribution in [0.1, 0.15) is 28.4 Å². The Balaban J connectivity index is 1.76. The van der Waals surface area contributed by atoms with Crippen LogP contribution in [0.3, 0.4) is 0 Å². The van der Waals surface area contributed by atoms with E-state index in [1.165, 1.54) is 19.2 Å². The number of urea groups is 1. The van der Waals surface area contributed by atoms with Crippen molar-refractivity contribution in [3.63, 3.8) is 0 Å². The van der Waals surface area contributed by atoms with E-state index in [4.69, 9.17) is 14.6 Å². The zero-order valence-electron chi connectivity index (χ0n) is 16.0. The number of amides is 3. The smallest absolute Gasteiger partial charge is 0.335 e. The van der Waals surface area contributed by atoms with E-state index in [2.05, 4.69) is 5.32 Å². The van der Waals surface area contributed by atoms with E-state index in [0.717, 1.165) is 10.5 Å². The Morgan fingerprint density at radius 2 is 1.83 bits per heavy atom. The lowest BCUT2D eigenvalue weighted by molar-refractivity contribution is -0.121. The summed E-state index contributed by atoms with van der Waals surface area (Å²) in [5, 5.41) is 11.5. The fourth-order valence-electron chi connectivity index (χ4n) is 2.70. The van der Waals surface area contributed by atoms with Crippen LogP contribution >= 0.6 is 0 Å². The Bertz CT molecular complexity index is 981. The van der Waals surface area contributed by atoms with E-state index in [1.54, 1.807) is 36.4 Å². The van der Waals surface area contributed by atoms with Crippen molar-refractivity contribution in [3.05, 3.63) is 64.9 Å². The number of rotatable bonds is 7. The van der Waals surface area contributed by atoms with Crippen LogP contribution in [0.5, 0.6) is 11.5 Å². The van der Waals surface area contributed by atoms with Crippen LogP contribution < -0.4 is 14.8 Å². The number of nitrogens with zero attached hydrogens (tertiary/aromatic N) is 1. The average molecular weight is 396 g/mol. The molecule has 1 aliphatic heterocycles. The van der Waals surface area contributed by atoms with Crippen LogP contribution in [0.15, 0.2) is 48.2 Å². The van der Waals surface area contributed by atoms with E-state index >= 15 is 0 Å². The zero-order valence-corrected chi connectivity index (χ0v) is 16.0. The number of carboxylic acid groups (broad SMARTS) is 1. The quantitative estimate of drug-likeness (QED) is 0.551. The van der Waals surface area contributed by atoms with Gasteiger partial charge < -0.3 is 19.9 Å². The number of hydrogen-bond donors (Lipinski definition) is 2. The average Bonchev–Trinajstić information content (AvgIpc) is 2.94. The number of carbonyl (C=O) groups excluding carboxylic acids is 2. The Morgan fingerprint density at radius 1 is 1.10 bits per heavy atom. The summed E-state index contributed by atoms with van der Waals surface area (Å²) >= 11 is 0. The maximum absolute atomic E-state index is 12.0. The van der Waals surface area contributed by atoms with Gasteiger partial charge in [-0.25, -0.2) is 9.59 Å². The van der Waals surface area contributed by atoms with Crippen molar-refractivity contribution >= 4 is 24.0 Å². The van der Waals surface area contributed by atoms with Gasteiger partial charge in [0.05, 0.1) is 12.2 Å². The van der Waals surface area contributed by atoms with Crippen LogP contribution in [-0.4, -0.2) is 41.6 Å². The SMILES string of the molecule is CCOc1cc(/C=C2/NC(=O)N(C)C2=O)ccc1OCc1ccc(C(=O)O)cc1. The number of aromatic carboxylic acids is 1. The number of benzene rings is 2. The van der Waals surface area contributed by atoms with Gasteiger partial charge in [0.25, 0.3) is 5.91 Å². The Morgan fingerprint density at radius 3 is 2.41 bits per heavy atom. The van der Waals surface area contributed by atoms with Crippen LogP contribution in [0.25, 0.3) is 6.08 Å². The number of carboxylic acids is 1. The van der Waals surface area contributed by atoms with Gasteiger partial charge in [0.2, 0.25) is 0 Å². The second-order valence-electron chi connectivity index (χ2n) is 6.28. The first-order chi connectivity index (χ1) is 13.9. The van der Waals surface area contributed by atoms with E-state index in [1.807, 2.05) is 6.92 Å². The second kappa shape index (κ2) is 8.47. The highest BCUT2D eigenvalue weighted by atomic mass is 16.5. The van der Waals surface area contributed by atoms with Gasteiger partial charge in [-0.05, 0) is 48.4 Å². The predicted octanol–water partition coefficient (Wildman–Crippen LogP) is 2.89. The minimum absolute atomic E-state index is 0.187. The maximum atomic E-state index is 12.0. The zero-order chi connectivity index (χ0) is 21.0. The summed E-state index contributed by atoms with van der Waals surface area (Å²) in [5.74, 6) is -0.383. The number of imide groups is 1. The molecule has 2 N–H and O–H groups in total. The molecule has 1 fully saturated rings. The Kier molecular flexibility index (Phi) is 5.82. The highest BCUT2D eigenvalue weighted by Gasteiger charge is 2.29. The molecule has 8 heteroatoms. The van der Waals surface area contributed by atoms with Crippen LogP contribution in [0.2, 0.25) is 0 Å². The third-order valence-corrected chi connectivity index (χ3v) is 4.26. The molecule has 1 aliphatic rings. The molecule has 2 aromatic rings. The molecule has 8 nitrogen and oxygen atoms in total. The maximum Gasteiger partial charge on any atom is 0.335 e. The summed E-state index contributed by atoms with van der Waals surface area (Å²) in [6.07, 6.45) is 1.57. The largest absolute Gasteiger partial charge is 0.490 e. The third kappa shape index (κ3) is 4.55. The predicted molar refractivity (Wildman–Crippen MR) is 105 cm³/mol. The first-order valence-corrected chi connectivity index (χ1v) is 8.91. The van der Waals surface area contributed by atoms with Crippen LogP contribution in [-0.2, 0) is 11.4 Å². The molecule has 2 aromatic carbocycles. The summed E-state index contributed by atoms with van der Waals surface area (Å²) in [6.45, 7) is 2.50. The van der Waals surface area contributed by atoms with E-state index in [-0.39, 0.29) is 17.9 Å². The normalized spacial score (nSPS) is 14.8. The van der Waals surface area contributed by atoms with Gasteiger partial charge in [0.1, 0.15) is 12.3 Å². The Labute approximate surface area is 167 Å². The van der Waals surface area contributed by atoms with Crippen LogP contribution in [0.4, 0.5) is 4.79 Å². The number of carbonyl (C=O) groups is 3. The molecule has 0 aliphatic carbocycles. The molecule has 0 bridgehead atoms. The molecule has 150 valence electrons. The molecule has 3 rings (SSSR count). The van der Waals surface area contributed by atoms with Gasteiger partial charge in [-0.3, -0.25) is 9.69 Å². The number of ether oxygens (including phenoxy) is 2. The molecule has 0 radical (unpaired) electrons. The first-order valence-electron chi connectivity index (χ1n) is 8.91. The van der Waals surface area contributed by atoms with Crippen molar-refractivity contribution in [2.24, 2.45) is 0 Å². The minimum atomic E-state index is -0.982. The number of hydrogen-bond acceptors (Lipinski definition) is 5. The lowest BCUT2D eigenvalue weighted by Crippen LogP contribution is -2.25. The van der Waals surface area contributed by atoms with Gasteiger partial charge in [-0.2, -0.15) is 0 Å². The molecule has 0 unspecified atom stereocenters. The molecule has 0 spiro atoms. The van der Waals surface area contributed by atoms with Crippen molar-refractivity contribution in [2.45, 2.75) is 13.5 Å². The third-order valence-electron chi connectivity index (χ3n) is 4.26. The lowest BCUT2D eigenvalue weighted by Gasteiger charge is -2.13.